The van der Waals surface area contributed by atoms with Gasteiger partial charge in [-0.15, -0.1) is 0 Å². The Balaban J connectivity index is 2.10. The standard InChI is InChI=1S/C18H20N2O3S/c1-13-8-9-14(2)16(12-13)24(22,23)20-11-10-19-18(21)17(20)15-6-4-3-5-7-15/h3-9,12,17H,10-11H2,1-2H3,(H,19,21). The molecule has 1 fully saturated rings. The van der Waals surface area contributed by atoms with E-state index in [4.69, 9.17) is 0 Å². The van der Waals surface area contributed by atoms with E-state index in [1.54, 1.807) is 43.3 Å². The first kappa shape index (κ1) is 16.7. The van der Waals surface area contributed by atoms with Gasteiger partial charge in [0, 0.05) is 13.1 Å². The van der Waals surface area contributed by atoms with Crippen LogP contribution in [0.3, 0.4) is 0 Å². The minimum absolute atomic E-state index is 0.251. The van der Waals surface area contributed by atoms with E-state index in [-0.39, 0.29) is 17.3 Å². The van der Waals surface area contributed by atoms with Crippen molar-refractivity contribution >= 4 is 15.9 Å². The van der Waals surface area contributed by atoms with Gasteiger partial charge in [0.1, 0.15) is 6.04 Å². The molecule has 1 aliphatic heterocycles. The second-order valence-electron chi connectivity index (χ2n) is 5.99. The highest BCUT2D eigenvalue weighted by Crippen LogP contribution is 2.31. The van der Waals surface area contributed by atoms with Gasteiger partial charge >= 0.3 is 0 Å². The van der Waals surface area contributed by atoms with Gasteiger partial charge in [-0.05, 0) is 36.6 Å². The number of hydrogen-bond acceptors (Lipinski definition) is 3. The molecule has 0 aromatic heterocycles. The van der Waals surface area contributed by atoms with Crippen molar-refractivity contribution in [3.63, 3.8) is 0 Å². The molecule has 0 bridgehead atoms. The second kappa shape index (κ2) is 6.37. The Kier molecular flexibility index (Phi) is 4.43. The Morgan fingerprint density at radius 3 is 2.50 bits per heavy atom. The van der Waals surface area contributed by atoms with Crippen molar-refractivity contribution in [1.29, 1.82) is 0 Å². The average Bonchev–Trinajstić information content (AvgIpc) is 2.57. The first-order valence-electron chi connectivity index (χ1n) is 7.83. The molecule has 2 aromatic rings. The van der Waals surface area contributed by atoms with E-state index in [0.29, 0.717) is 17.7 Å². The van der Waals surface area contributed by atoms with Gasteiger partial charge in [-0.2, -0.15) is 4.31 Å². The number of hydrogen-bond donors (Lipinski definition) is 1. The number of sulfonamides is 1. The van der Waals surface area contributed by atoms with Crippen molar-refractivity contribution in [1.82, 2.24) is 9.62 Å². The normalized spacial score (nSPS) is 19.1. The zero-order chi connectivity index (χ0) is 17.3. The van der Waals surface area contributed by atoms with Crippen LogP contribution in [0, 0.1) is 13.8 Å². The molecule has 1 aliphatic rings. The van der Waals surface area contributed by atoms with E-state index in [2.05, 4.69) is 5.32 Å². The van der Waals surface area contributed by atoms with Crippen molar-refractivity contribution in [3.8, 4) is 0 Å². The maximum Gasteiger partial charge on any atom is 0.244 e. The van der Waals surface area contributed by atoms with E-state index < -0.39 is 16.1 Å². The largest absolute Gasteiger partial charge is 0.353 e. The molecule has 1 saturated heterocycles. The third-order valence-corrected chi connectivity index (χ3v) is 6.22. The monoisotopic (exact) mass is 344 g/mol. The Morgan fingerprint density at radius 2 is 1.79 bits per heavy atom. The van der Waals surface area contributed by atoms with Crippen LogP contribution in [0.1, 0.15) is 22.7 Å². The lowest BCUT2D eigenvalue weighted by molar-refractivity contribution is -0.126. The lowest BCUT2D eigenvalue weighted by Gasteiger charge is -2.34. The summed E-state index contributed by atoms with van der Waals surface area (Å²) in [5.41, 5.74) is 2.22. The zero-order valence-electron chi connectivity index (χ0n) is 13.7. The van der Waals surface area contributed by atoms with Crippen molar-refractivity contribution in [3.05, 3.63) is 65.2 Å². The van der Waals surface area contributed by atoms with Crippen molar-refractivity contribution in [2.45, 2.75) is 24.8 Å². The molecule has 1 unspecified atom stereocenters. The highest BCUT2D eigenvalue weighted by atomic mass is 32.2. The van der Waals surface area contributed by atoms with Crippen molar-refractivity contribution in [2.75, 3.05) is 13.1 Å². The van der Waals surface area contributed by atoms with Crippen LogP contribution < -0.4 is 5.32 Å². The first-order chi connectivity index (χ1) is 11.4. The molecule has 1 N–H and O–H groups in total. The van der Waals surface area contributed by atoms with Crippen LogP contribution in [0.2, 0.25) is 0 Å². The quantitative estimate of drug-likeness (QED) is 0.928. The van der Waals surface area contributed by atoms with Crippen molar-refractivity contribution < 1.29 is 13.2 Å². The molecule has 126 valence electrons. The van der Waals surface area contributed by atoms with E-state index in [1.165, 1.54) is 4.31 Å². The molecule has 1 atom stereocenters. The fourth-order valence-electron chi connectivity index (χ4n) is 2.97. The maximum atomic E-state index is 13.2. The average molecular weight is 344 g/mol. The van der Waals surface area contributed by atoms with Crippen LogP contribution in [0.4, 0.5) is 0 Å². The van der Waals surface area contributed by atoms with E-state index >= 15 is 0 Å². The molecular weight excluding hydrogens is 324 g/mol. The molecule has 0 aliphatic carbocycles. The van der Waals surface area contributed by atoms with Gasteiger partial charge in [-0.3, -0.25) is 4.79 Å². The number of benzene rings is 2. The predicted octanol–water partition coefficient (Wildman–Crippen LogP) is 2.17. The van der Waals surface area contributed by atoms with Crippen LogP contribution in [0.5, 0.6) is 0 Å². The topological polar surface area (TPSA) is 66.5 Å². The summed E-state index contributed by atoms with van der Waals surface area (Å²) in [6.07, 6.45) is 0. The van der Waals surface area contributed by atoms with E-state index in [0.717, 1.165) is 5.56 Å². The number of aryl methyl sites for hydroxylation is 2. The molecule has 24 heavy (non-hydrogen) atoms. The van der Waals surface area contributed by atoms with Gasteiger partial charge in [0.05, 0.1) is 4.90 Å². The number of amides is 1. The summed E-state index contributed by atoms with van der Waals surface area (Å²) in [6, 6.07) is 13.5. The van der Waals surface area contributed by atoms with Crippen molar-refractivity contribution in [2.24, 2.45) is 0 Å². The number of rotatable bonds is 3. The molecule has 5 nitrogen and oxygen atoms in total. The summed E-state index contributed by atoms with van der Waals surface area (Å²) >= 11 is 0. The van der Waals surface area contributed by atoms with Gasteiger partial charge < -0.3 is 5.32 Å². The lowest BCUT2D eigenvalue weighted by atomic mass is 10.1. The Hall–Kier alpha value is -2.18. The number of carbonyl (C=O) groups is 1. The highest BCUT2D eigenvalue weighted by Gasteiger charge is 2.39. The molecule has 3 rings (SSSR count). The fraction of sp³-hybridized carbons (Fsp3) is 0.278. The van der Waals surface area contributed by atoms with E-state index in [1.807, 2.05) is 19.1 Å². The Morgan fingerprint density at radius 1 is 1.08 bits per heavy atom. The third-order valence-electron chi connectivity index (χ3n) is 4.21. The first-order valence-corrected chi connectivity index (χ1v) is 9.27. The predicted molar refractivity (Wildman–Crippen MR) is 92.0 cm³/mol. The van der Waals surface area contributed by atoms with Crippen LogP contribution in [-0.4, -0.2) is 31.7 Å². The number of carbonyl (C=O) groups excluding carboxylic acids is 1. The van der Waals surface area contributed by atoms with Gasteiger partial charge in [-0.25, -0.2) is 8.42 Å². The van der Waals surface area contributed by atoms with Crippen LogP contribution in [-0.2, 0) is 14.8 Å². The summed E-state index contributed by atoms with van der Waals surface area (Å²) in [6.45, 7) is 4.19. The molecule has 1 heterocycles. The minimum atomic E-state index is -3.77. The fourth-order valence-corrected chi connectivity index (χ4v) is 4.86. The number of piperazine rings is 1. The molecule has 6 heteroatoms. The SMILES string of the molecule is Cc1ccc(C)c(S(=O)(=O)N2CCNC(=O)C2c2ccccc2)c1. The Labute approximate surface area is 142 Å². The maximum absolute atomic E-state index is 13.2. The van der Waals surface area contributed by atoms with Crippen LogP contribution in [0.25, 0.3) is 0 Å². The summed E-state index contributed by atoms with van der Waals surface area (Å²) in [7, 11) is -3.77. The minimum Gasteiger partial charge on any atom is -0.353 e. The second-order valence-corrected chi connectivity index (χ2v) is 7.85. The Bertz CT molecular complexity index is 863. The van der Waals surface area contributed by atoms with Gasteiger partial charge in [0.2, 0.25) is 15.9 Å². The summed E-state index contributed by atoms with van der Waals surface area (Å²) in [4.78, 5) is 12.7. The molecule has 0 saturated carbocycles. The molecular formula is C18H20N2O3S. The molecule has 0 spiro atoms. The molecule has 2 aromatic carbocycles. The summed E-state index contributed by atoms with van der Waals surface area (Å²) < 4.78 is 27.8. The third kappa shape index (κ3) is 2.95. The lowest BCUT2D eigenvalue weighted by Crippen LogP contribution is -2.52. The van der Waals surface area contributed by atoms with Gasteiger partial charge in [-0.1, -0.05) is 42.5 Å². The number of nitrogens with zero attached hydrogens (tertiary/aromatic N) is 1. The number of nitrogens with one attached hydrogen (secondary N) is 1. The van der Waals surface area contributed by atoms with Gasteiger partial charge in [0.25, 0.3) is 0 Å². The van der Waals surface area contributed by atoms with E-state index in [9.17, 15) is 13.2 Å². The molecule has 1 amide bonds. The summed E-state index contributed by atoms with van der Waals surface area (Å²) in [5.74, 6) is -0.290. The smallest absolute Gasteiger partial charge is 0.244 e. The highest BCUT2D eigenvalue weighted by molar-refractivity contribution is 7.89. The van der Waals surface area contributed by atoms with Gasteiger partial charge in [0.15, 0.2) is 0 Å². The zero-order valence-corrected chi connectivity index (χ0v) is 14.5. The summed E-state index contributed by atoms with van der Waals surface area (Å²) in [5, 5.41) is 2.77. The van der Waals surface area contributed by atoms with Crippen LogP contribution in [0.15, 0.2) is 53.4 Å². The molecule has 0 radical (unpaired) electrons. The van der Waals surface area contributed by atoms with Crippen LogP contribution >= 0.6 is 0 Å².